The molecule has 3 fully saturated rings. The summed E-state index contributed by atoms with van der Waals surface area (Å²) in [4.78, 5) is 23.0. The summed E-state index contributed by atoms with van der Waals surface area (Å²) in [7, 11) is 0. The summed E-state index contributed by atoms with van der Waals surface area (Å²) in [6, 6.07) is -1.69. The van der Waals surface area contributed by atoms with Gasteiger partial charge in [0, 0.05) is 6.92 Å². The van der Waals surface area contributed by atoms with Gasteiger partial charge in [-0.05, 0) is 0 Å². The van der Waals surface area contributed by atoms with Crippen LogP contribution in [0.4, 0.5) is 0 Å². The van der Waals surface area contributed by atoms with Gasteiger partial charge in [-0.15, -0.1) is 0 Å². The summed E-state index contributed by atoms with van der Waals surface area (Å²) in [5.41, 5.74) is 0. The summed E-state index contributed by atoms with van der Waals surface area (Å²) >= 11 is 0. The minimum Gasteiger partial charge on any atom is -0.394 e. The van der Waals surface area contributed by atoms with Crippen molar-refractivity contribution in [3.05, 3.63) is 0 Å². The molecule has 280 valence electrons. The molecule has 19 unspecified atom stereocenters. The quantitative estimate of drug-likeness (QED) is 0.0702. The van der Waals surface area contributed by atoms with Crippen LogP contribution in [-0.4, -0.2) is 221 Å². The Balaban J connectivity index is 1.91. The van der Waals surface area contributed by atoms with E-state index in [-0.39, 0.29) is 6.29 Å². The van der Waals surface area contributed by atoms with Gasteiger partial charge < -0.3 is 105 Å². The molecule has 22 nitrogen and oxygen atoms in total. The highest BCUT2D eigenvalue weighted by molar-refractivity contribution is 5.77. The molecule has 14 N–H and O–H groups in total. The van der Waals surface area contributed by atoms with Gasteiger partial charge in [-0.1, -0.05) is 0 Å². The summed E-state index contributed by atoms with van der Waals surface area (Å²) in [5, 5.41) is 136. The van der Waals surface area contributed by atoms with Crippen LogP contribution in [0.3, 0.4) is 0 Å². The highest BCUT2D eigenvalue weighted by atomic mass is 16.8. The maximum atomic E-state index is 11.5. The molecule has 1 amide bonds. The molecule has 0 aromatic carbocycles. The molecule has 0 aromatic rings. The van der Waals surface area contributed by atoms with Crippen molar-refractivity contribution in [1.82, 2.24) is 5.32 Å². The Morgan fingerprint density at radius 3 is 1.71 bits per heavy atom. The molecule has 22 heteroatoms. The first-order chi connectivity index (χ1) is 22.6. The zero-order valence-electron chi connectivity index (χ0n) is 25.5. The van der Waals surface area contributed by atoms with Crippen molar-refractivity contribution in [3.8, 4) is 0 Å². The Hall–Kier alpha value is -1.62. The summed E-state index contributed by atoms with van der Waals surface area (Å²) in [6.07, 6.45) is -34.2. The van der Waals surface area contributed by atoms with E-state index in [1.54, 1.807) is 0 Å². The molecule has 0 aliphatic carbocycles. The van der Waals surface area contributed by atoms with Crippen molar-refractivity contribution >= 4 is 12.2 Å². The molecule has 0 spiro atoms. The summed E-state index contributed by atoms with van der Waals surface area (Å²) in [6.45, 7) is -2.79. The number of carbonyl (C=O) groups is 2. The van der Waals surface area contributed by atoms with Gasteiger partial charge in [0.15, 0.2) is 18.9 Å². The first-order valence-corrected chi connectivity index (χ1v) is 14.9. The fourth-order valence-corrected chi connectivity index (χ4v) is 5.42. The topological polar surface area (TPSA) is 365 Å². The lowest BCUT2D eigenvalue weighted by Gasteiger charge is -2.48. The Morgan fingerprint density at radius 1 is 0.688 bits per heavy atom. The fourth-order valence-electron chi connectivity index (χ4n) is 5.42. The molecule has 3 rings (SSSR count). The Labute approximate surface area is 272 Å². The minimum atomic E-state index is -2.16. The monoisotopic (exact) mass is 707 g/mol. The fraction of sp³-hybridized carbons (Fsp3) is 0.923. The van der Waals surface area contributed by atoms with Gasteiger partial charge in [-0.3, -0.25) is 4.79 Å². The number of rotatable bonds is 15. The third-order valence-corrected chi connectivity index (χ3v) is 8.16. The lowest BCUT2D eigenvalue weighted by Crippen LogP contribution is -2.67. The molecule has 0 radical (unpaired) electrons. The van der Waals surface area contributed by atoms with Crippen molar-refractivity contribution < 1.29 is 104 Å². The Morgan fingerprint density at radius 2 is 1.19 bits per heavy atom. The zero-order chi connectivity index (χ0) is 36.0. The van der Waals surface area contributed by atoms with Crippen LogP contribution >= 0.6 is 0 Å². The molecule has 0 aromatic heterocycles. The number of amides is 1. The van der Waals surface area contributed by atoms with E-state index in [1.165, 1.54) is 0 Å². The van der Waals surface area contributed by atoms with Crippen LogP contribution in [0, 0.1) is 0 Å². The van der Waals surface area contributed by atoms with Gasteiger partial charge in [0.05, 0.1) is 26.4 Å². The van der Waals surface area contributed by atoms with E-state index in [2.05, 4.69) is 5.32 Å². The normalized spacial score (nSPS) is 43.2. The molecule has 3 aliphatic heterocycles. The van der Waals surface area contributed by atoms with Crippen molar-refractivity contribution in [2.24, 2.45) is 0 Å². The number of carbonyl (C=O) groups excluding carboxylic acids is 2. The molecule has 0 saturated carbocycles. The van der Waals surface area contributed by atoms with E-state index >= 15 is 0 Å². The second-order valence-corrected chi connectivity index (χ2v) is 11.5. The van der Waals surface area contributed by atoms with Crippen LogP contribution in [0.5, 0.6) is 0 Å². The van der Waals surface area contributed by atoms with Crippen molar-refractivity contribution in [2.45, 2.75) is 123 Å². The van der Waals surface area contributed by atoms with E-state index in [4.69, 9.17) is 28.4 Å². The average molecular weight is 708 g/mol. The standard InChI is InChI=1S/C26H45NO21/c1-7(33)27-8(2-28)13(35)21(9(34)3-29)46-25-20(42)22(16(38)12(6-32)44-25)47-26-23(18(40)15(37)11(5-31)45-26)48-24-19(41)17(39)14(36)10(4-30)43-24/h2,8-26,29-32,34-42H,3-6H2,1H3,(H,27,33). The number of hydrogen-bond acceptors (Lipinski definition) is 21. The van der Waals surface area contributed by atoms with Gasteiger partial charge >= 0.3 is 0 Å². The lowest BCUT2D eigenvalue weighted by atomic mass is 9.96. The van der Waals surface area contributed by atoms with E-state index in [9.17, 15) is 76.0 Å². The molecule has 3 saturated heterocycles. The number of aldehydes is 1. The number of aliphatic hydroxyl groups excluding tert-OH is 13. The van der Waals surface area contributed by atoms with Crippen LogP contribution < -0.4 is 5.32 Å². The number of aliphatic hydroxyl groups is 13. The predicted octanol–water partition coefficient (Wildman–Crippen LogP) is -9.76. The minimum absolute atomic E-state index is 0.101. The van der Waals surface area contributed by atoms with Crippen LogP contribution in [-0.2, 0) is 38.0 Å². The van der Waals surface area contributed by atoms with Gasteiger partial charge in [0.25, 0.3) is 0 Å². The van der Waals surface area contributed by atoms with Gasteiger partial charge in [0.1, 0.15) is 104 Å². The largest absolute Gasteiger partial charge is 0.394 e. The van der Waals surface area contributed by atoms with E-state index < -0.39 is 149 Å². The lowest BCUT2D eigenvalue weighted by molar-refractivity contribution is -0.392. The van der Waals surface area contributed by atoms with E-state index in [1.807, 2.05) is 0 Å². The molecule has 3 heterocycles. The highest BCUT2D eigenvalue weighted by Gasteiger charge is 2.54. The predicted molar refractivity (Wildman–Crippen MR) is 147 cm³/mol. The molecule has 3 aliphatic rings. The highest BCUT2D eigenvalue weighted by Crippen LogP contribution is 2.33. The van der Waals surface area contributed by atoms with Crippen molar-refractivity contribution in [1.29, 1.82) is 0 Å². The van der Waals surface area contributed by atoms with Gasteiger partial charge in [-0.25, -0.2) is 0 Å². The van der Waals surface area contributed by atoms with Crippen LogP contribution in [0.1, 0.15) is 6.92 Å². The van der Waals surface area contributed by atoms with Crippen molar-refractivity contribution in [3.63, 3.8) is 0 Å². The molecule has 48 heavy (non-hydrogen) atoms. The average Bonchev–Trinajstić information content (AvgIpc) is 3.07. The smallest absolute Gasteiger partial charge is 0.217 e. The molecule has 19 atom stereocenters. The first kappa shape index (κ1) is 40.8. The van der Waals surface area contributed by atoms with Crippen LogP contribution in [0.25, 0.3) is 0 Å². The maximum absolute atomic E-state index is 11.5. The van der Waals surface area contributed by atoms with Crippen LogP contribution in [0.15, 0.2) is 0 Å². The third kappa shape index (κ3) is 8.99. The van der Waals surface area contributed by atoms with E-state index in [0.29, 0.717) is 0 Å². The summed E-state index contributed by atoms with van der Waals surface area (Å²) < 4.78 is 32.9. The number of ether oxygens (including phenoxy) is 6. The third-order valence-electron chi connectivity index (χ3n) is 8.16. The SMILES string of the molecule is CC(=O)NC(C=O)C(O)C(OC1OC(CO)C(O)C(OC2OC(CO)C(O)C(O)C2OC2OC(CO)C(O)C(O)C2O)C1O)C(O)CO. The zero-order valence-corrected chi connectivity index (χ0v) is 25.5. The van der Waals surface area contributed by atoms with Crippen LogP contribution in [0.2, 0.25) is 0 Å². The molecular weight excluding hydrogens is 662 g/mol. The Kier molecular flexibility index (Phi) is 15.3. The second-order valence-electron chi connectivity index (χ2n) is 11.5. The Bertz CT molecular complexity index is 1010. The maximum Gasteiger partial charge on any atom is 0.217 e. The molecular formula is C26H45NO21. The van der Waals surface area contributed by atoms with Gasteiger partial charge in [0.2, 0.25) is 5.91 Å². The molecule has 0 bridgehead atoms. The summed E-state index contributed by atoms with van der Waals surface area (Å²) in [5.74, 6) is -0.768. The van der Waals surface area contributed by atoms with Gasteiger partial charge in [-0.2, -0.15) is 0 Å². The number of nitrogens with one attached hydrogen (secondary N) is 1. The first-order valence-electron chi connectivity index (χ1n) is 14.9. The second kappa shape index (κ2) is 18.0. The number of hydrogen-bond donors (Lipinski definition) is 14. The van der Waals surface area contributed by atoms with Crippen molar-refractivity contribution in [2.75, 3.05) is 26.4 Å². The van der Waals surface area contributed by atoms with E-state index in [0.717, 1.165) is 6.92 Å².